The Morgan fingerprint density at radius 1 is 0.301 bits per heavy atom. The molecule has 29 nitrogen and oxygen atoms in total. The standard InChI is InChI=1S/3C25H26Cl2N4O3.C24H24Cl2N4O4/c3*1-4-21(32)29-17-7-5-6-8-18(17)31-25-28-13-15-11-14(9-10-16(15)30-25)22-23(26)19(33-2)12-20(34-3)24(22)27;1-4-20(32)28-16-8-14(31)9-17(16)30-24-27-11-13-7-12(5-6-15(13)29-24)21-22(25)18(33-2)10-19(34-3)23(21)26/h3*4,9-13,17-18H,1,5-8H2,2-3H3,(H,29,32)(H,28,30,31);4-7,10-11,14,16-17,31H,1,8-9H2,2-3H3,(H,28,32)(H,27,29,30)/t3*17-,18+;14-,16+,17-/m1001/s1. The van der Waals surface area contributed by atoms with Gasteiger partial charge in [0.2, 0.25) is 47.4 Å². The average molecular weight is 2010 g/mol. The Morgan fingerprint density at radius 3 is 0.713 bits per heavy atom. The van der Waals surface area contributed by atoms with Crippen molar-refractivity contribution in [2.75, 3.05) is 78.1 Å². The Labute approximate surface area is 826 Å². The van der Waals surface area contributed by atoms with Gasteiger partial charge in [0.25, 0.3) is 0 Å². The van der Waals surface area contributed by atoms with Crippen LogP contribution in [0.3, 0.4) is 0 Å². The minimum atomic E-state index is -0.523. The van der Waals surface area contributed by atoms with E-state index in [1.165, 1.54) is 38.5 Å². The molecule has 4 amide bonds. The molecule has 4 aliphatic rings. The zero-order chi connectivity index (χ0) is 97.1. The van der Waals surface area contributed by atoms with Gasteiger partial charge < -0.3 is 85.5 Å². The average Bonchev–Trinajstić information content (AvgIpc) is 0.848. The number of nitrogens with one attached hydrogen (secondary N) is 8. The topological polar surface area (TPSA) is 362 Å². The summed E-state index contributed by atoms with van der Waals surface area (Å²) in [4.78, 5) is 83.7. The first-order valence-electron chi connectivity index (χ1n) is 43.6. The van der Waals surface area contributed by atoms with Crippen LogP contribution in [0, 0.1) is 0 Å². The van der Waals surface area contributed by atoms with Gasteiger partial charge >= 0.3 is 0 Å². The van der Waals surface area contributed by atoms with E-state index < -0.39 is 6.10 Å². The Balaban J connectivity index is 0.000000153. The van der Waals surface area contributed by atoms with E-state index >= 15 is 0 Å². The van der Waals surface area contributed by atoms with Gasteiger partial charge in [0, 0.05) is 129 Å². The summed E-state index contributed by atoms with van der Waals surface area (Å²) in [7, 11) is 12.3. The number of anilines is 4. The van der Waals surface area contributed by atoms with Crippen LogP contribution < -0.4 is 80.4 Å². The van der Waals surface area contributed by atoms with Crippen LogP contribution in [-0.4, -0.2) is 180 Å². The highest BCUT2D eigenvalue weighted by atomic mass is 35.5. The molecule has 4 saturated carbocycles. The summed E-state index contributed by atoms with van der Waals surface area (Å²) < 4.78 is 43.0. The van der Waals surface area contributed by atoms with Gasteiger partial charge in [-0.3, -0.25) is 19.2 Å². The van der Waals surface area contributed by atoms with Crippen LogP contribution in [0.2, 0.25) is 40.2 Å². The molecule has 16 rings (SSSR count). The largest absolute Gasteiger partial charge is 0.495 e. The van der Waals surface area contributed by atoms with E-state index in [4.69, 9.17) is 131 Å². The lowest BCUT2D eigenvalue weighted by atomic mass is 9.90. The molecule has 712 valence electrons. The number of halogens is 8. The van der Waals surface area contributed by atoms with Gasteiger partial charge in [0.1, 0.15) is 46.0 Å². The van der Waals surface area contributed by atoms with Crippen LogP contribution in [-0.2, 0) is 19.2 Å². The fraction of sp³-hybridized carbons (Fsp3) is 0.313. The van der Waals surface area contributed by atoms with Crippen molar-refractivity contribution in [1.29, 1.82) is 0 Å². The zero-order valence-corrected chi connectivity index (χ0v) is 81.8. The van der Waals surface area contributed by atoms with Gasteiger partial charge in [0.05, 0.1) is 137 Å². The second-order valence-corrected chi connectivity index (χ2v) is 35.3. The van der Waals surface area contributed by atoms with E-state index in [0.717, 1.165) is 137 Å². The Hall–Kier alpha value is -12.2. The van der Waals surface area contributed by atoms with Crippen molar-refractivity contribution in [1.82, 2.24) is 61.1 Å². The van der Waals surface area contributed by atoms with Crippen molar-refractivity contribution >= 4 is 184 Å². The molecule has 4 heterocycles. The molecular weight excluding hydrogens is 1900 g/mol. The van der Waals surface area contributed by atoms with Crippen LogP contribution >= 0.6 is 92.8 Å². The van der Waals surface area contributed by atoms with Crippen molar-refractivity contribution < 1.29 is 62.2 Å². The molecule has 4 fully saturated rings. The minimum absolute atomic E-state index is 0.00764. The summed E-state index contributed by atoms with van der Waals surface area (Å²) in [5.74, 6) is 4.89. The Bertz CT molecular complexity index is 5640. The van der Waals surface area contributed by atoms with E-state index in [1.54, 1.807) is 91.7 Å². The number of nitrogens with zero attached hydrogens (tertiary/aromatic N) is 8. The van der Waals surface area contributed by atoms with Crippen molar-refractivity contribution in [2.24, 2.45) is 0 Å². The smallest absolute Gasteiger partial charge is 0.243 e. The number of methoxy groups -OCH3 is 8. The van der Waals surface area contributed by atoms with Gasteiger partial charge in [-0.2, -0.15) is 0 Å². The van der Waals surface area contributed by atoms with Crippen LogP contribution in [0.1, 0.15) is 89.9 Å². The van der Waals surface area contributed by atoms with E-state index in [1.807, 2.05) is 72.8 Å². The molecule has 0 saturated heterocycles. The molecule has 0 aliphatic heterocycles. The first-order chi connectivity index (χ1) is 65.7. The molecule has 9 atom stereocenters. The molecule has 0 radical (unpaired) electrons. The molecule has 12 aromatic rings. The van der Waals surface area contributed by atoms with E-state index in [0.29, 0.717) is 151 Å². The van der Waals surface area contributed by atoms with E-state index in [-0.39, 0.29) is 72.0 Å². The number of aliphatic hydroxyl groups excluding tert-OH is 1. The van der Waals surface area contributed by atoms with Crippen molar-refractivity contribution in [2.45, 2.75) is 144 Å². The lowest BCUT2D eigenvalue weighted by Crippen LogP contribution is -2.48. The van der Waals surface area contributed by atoms with E-state index in [9.17, 15) is 24.3 Å². The molecule has 0 spiro atoms. The molecule has 136 heavy (non-hydrogen) atoms. The maximum atomic E-state index is 11.8. The minimum Gasteiger partial charge on any atom is -0.495 e. The monoisotopic (exact) mass is 2000 g/mol. The predicted octanol–water partition coefficient (Wildman–Crippen LogP) is 21.2. The van der Waals surface area contributed by atoms with Crippen LogP contribution in [0.5, 0.6) is 46.0 Å². The van der Waals surface area contributed by atoms with Crippen LogP contribution in [0.25, 0.3) is 88.1 Å². The van der Waals surface area contributed by atoms with E-state index in [2.05, 4.69) is 109 Å². The molecule has 0 bridgehead atoms. The fourth-order valence-electron chi connectivity index (χ4n) is 17.0. The van der Waals surface area contributed by atoms with Gasteiger partial charge in [0.15, 0.2) is 0 Å². The third kappa shape index (κ3) is 23.9. The third-order valence-corrected chi connectivity index (χ3v) is 26.9. The molecule has 4 aliphatic carbocycles. The maximum absolute atomic E-state index is 11.8. The van der Waals surface area contributed by atoms with Gasteiger partial charge in [-0.15, -0.1) is 0 Å². The van der Waals surface area contributed by atoms with Gasteiger partial charge in [-0.1, -0.05) is 182 Å². The quantitative estimate of drug-likeness (QED) is 0.0206. The number of carbonyl (C=O) groups is 4. The molecule has 4 aromatic heterocycles. The maximum Gasteiger partial charge on any atom is 0.243 e. The second-order valence-electron chi connectivity index (χ2n) is 32.3. The number of carbonyl (C=O) groups excluding carboxylic acids is 4. The normalized spacial score (nSPS) is 18.2. The number of fused-ring (bicyclic) bond motifs is 4. The number of benzene rings is 8. The predicted molar refractivity (Wildman–Crippen MR) is 541 cm³/mol. The number of aromatic nitrogens is 8. The highest BCUT2D eigenvalue weighted by Gasteiger charge is 2.36. The molecule has 0 unspecified atom stereocenters. The summed E-state index contributed by atoms with van der Waals surface area (Å²) >= 11 is 52.6. The summed E-state index contributed by atoms with van der Waals surface area (Å²) in [6.07, 6.45) is 24.4. The van der Waals surface area contributed by atoms with Crippen molar-refractivity contribution in [3.05, 3.63) is 213 Å². The number of rotatable bonds is 28. The van der Waals surface area contributed by atoms with Crippen molar-refractivity contribution in [3.63, 3.8) is 0 Å². The molecular formula is C99H102Cl8N16O13. The molecule has 8 aromatic carbocycles. The fourth-order valence-corrected chi connectivity index (χ4v) is 19.9. The first-order valence-corrected chi connectivity index (χ1v) is 46.7. The summed E-state index contributed by atoms with van der Waals surface area (Å²) in [5, 5.41) is 41.8. The zero-order valence-electron chi connectivity index (χ0n) is 75.7. The van der Waals surface area contributed by atoms with Gasteiger partial charge in [-0.05, 0) is 146 Å². The van der Waals surface area contributed by atoms with Crippen LogP contribution in [0.4, 0.5) is 23.8 Å². The first kappa shape index (κ1) is 101. The lowest BCUT2D eigenvalue weighted by Gasteiger charge is -2.32. The Kier molecular flexibility index (Phi) is 35.0. The second kappa shape index (κ2) is 47.1. The molecule has 37 heteroatoms. The highest BCUT2D eigenvalue weighted by Crippen LogP contribution is 2.51. The number of hydrogen-bond donors (Lipinski definition) is 9. The van der Waals surface area contributed by atoms with Crippen LogP contribution in [0.15, 0.2) is 172 Å². The number of ether oxygens (including phenoxy) is 8. The summed E-state index contributed by atoms with van der Waals surface area (Å²) in [6, 6.07) is 29.1. The van der Waals surface area contributed by atoms with Crippen molar-refractivity contribution in [3.8, 4) is 90.5 Å². The number of amides is 4. The summed E-state index contributed by atoms with van der Waals surface area (Å²) in [6.45, 7) is 14.1. The molecule has 9 N–H and O–H groups in total. The number of aliphatic hydroxyl groups is 1. The van der Waals surface area contributed by atoms with Gasteiger partial charge in [-0.25, -0.2) is 39.9 Å². The highest BCUT2D eigenvalue weighted by molar-refractivity contribution is 6.43. The summed E-state index contributed by atoms with van der Waals surface area (Å²) in [5.41, 5.74) is 8.59. The third-order valence-electron chi connectivity index (χ3n) is 23.9. The Morgan fingerprint density at radius 2 is 0.500 bits per heavy atom. The lowest BCUT2D eigenvalue weighted by molar-refractivity contribution is -0.118. The SMILES string of the molecule is C=CC(=O)N[C@@H]1CCCC[C@@H]1Nc1ncc2cc(-c3c(Cl)c(OC)cc(OC)c3Cl)ccc2n1.C=CC(=O)N[C@H]1CCCC[C@H]1Nc1ncc2cc(-c3c(Cl)c(OC)cc(OC)c3Cl)ccc2n1.C=CC(=O)N[C@H]1CCCC[C@H]1Nc1ncc2cc(-c3c(Cl)c(OC)cc(OC)c3Cl)ccc2n1.C=CC(=O)N[C@H]1C[C@@H](O)C[C@H]1Nc1ncc2cc(-c3c(Cl)c(OC)cc(OC)c3Cl)ccc2n1. The number of hydrogen-bond acceptors (Lipinski definition) is 25.